The van der Waals surface area contributed by atoms with Crippen molar-refractivity contribution < 1.29 is 14.6 Å². The lowest BCUT2D eigenvalue weighted by molar-refractivity contribution is 0.0461. The fourth-order valence-electron chi connectivity index (χ4n) is 1.84. The second-order valence-corrected chi connectivity index (χ2v) is 5.87. The van der Waals surface area contributed by atoms with Gasteiger partial charge in [-0.05, 0) is 34.6 Å². The fourth-order valence-corrected chi connectivity index (χ4v) is 1.84. The second-order valence-electron chi connectivity index (χ2n) is 5.87. The number of carbonyl (C=O) groups is 1. The van der Waals surface area contributed by atoms with Gasteiger partial charge in [-0.1, -0.05) is 0 Å². The Morgan fingerprint density at radius 3 is 2.41 bits per heavy atom. The lowest BCUT2D eigenvalue weighted by Crippen LogP contribution is -2.45. The predicted molar refractivity (Wildman–Crippen MR) is 65.9 cm³/mol. The molecule has 1 aliphatic heterocycles. The summed E-state index contributed by atoms with van der Waals surface area (Å²) >= 11 is 0. The lowest BCUT2D eigenvalue weighted by atomic mass is 10.2. The summed E-state index contributed by atoms with van der Waals surface area (Å²) in [5, 5.41) is 12.6. The molecular weight excluding hydrogens is 220 g/mol. The van der Waals surface area contributed by atoms with Crippen molar-refractivity contribution >= 4 is 6.09 Å². The van der Waals surface area contributed by atoms with Gasteiger partial charge in [0.1, 0.15) is 5.60 Å². The van der Waals surface area contributed by atoms with Crippen LogP contribution in [0.25, 0.3) is 0 Å². The zero-order valence-electron chi connectivity index (χ0n) is 11.4. The Bertz CT molecular complexity index is 273. The second kappa shape index (κ2) is 5.23. The van der Waals surface area contributed by atoms with Crippen molar-refractivity contribution in [2.45, 2.75) is 58.4 Å². The monoisotopic (exact) mass is 244 g/mol. The summed E-state index contributed by atoms with van der Waals surface area (Å²) < 4.78 is 5.16. The number of hydrogen-bond acceptors (Lipinski definition) is 4. The molecule has 2 atom stereocenters. The van der Waals surface area contributed by atoms with Gasteiger partial charge < -0.3 is 15.2 Å². The highest BCUT2D eigenvalue weighted by Crippen LogP contribution is 2.14. The highest BCUT2D eigenvalue weighted by Gasteiger charge is 2.34. The summed E-state index contributed by atoms with van der Waals surface area (Å²) in [6.45, 7) is 10.9. The van der Waals surface area contributed by atoms with Crippen LogP contribution in [-0.2, 0) is 4.74 Å². The lowest BCUT2D eigenvalue weighted by Gasteiger charge is -2.23. The van der Waals surface area contributed by atoms with Crippen LogP contribution in [0.3, 0.4) is 0 Å². The molecule has 0 aromatic rings. The van der Waals surface area contributed by atoms with E-state index in [0.717, 1.165) is 0 Å². The molecule has 5 heteroatoms. The van der Waals surface area contributed by atoms with Crippen molar-refractivity contribution in [2.75, 3.05) is 13.1 Å². The van der Waals surface area contributed by atoms with Gasteiger partial charge in [-0.3, -0.25) is 4.90 Å². The number of rotatable bonds is 2. The standard InChI is InChI=1S/C12H24N2O3/c1-8(2)14-6-9(10(15)7-14)13-11(16)17-12(3,4)5/h8-10,15H,6-7H2,1-5H3,(H,13,16). The first kappa shape index (κ1) is 14.3. The van der Waals surface area contributed by atoms with Crippen LogP contribution in [0.15, 0.2) is 0 Å². The first-order valence-corrected chi connectivity index (χ1v) is 6.10. The minimum atomic E-state index is -0.523. The number of alkyl carbamates (subject to hydrolysis) is 1. The van der Waals surface area contributed by atoms with Crippen molar-refractivity contribution in [3.05, 3.63) is 0 Å². The van der Waals surface area contributed by atoms with E-state index in [9.17, 15) is 9.90 Å². The average Bonchev–Trinajstić information content (AvgIpc) is 2.44. The Morgan fingerprint density at radius 1 is 1.41 bits per heavy atom. The van der Waals surface area contributed by atoms with E-state index in [1.165, 1.54) is 0 Å². The third kappa shape index (κ3) is 4.52. The number of ether oxygens (including phenoxy) is 1. The normalized spacial score (nSPS) is 26.3. The summed E-state index contributed by atoms with van der Waals surface area (Å²) in [5.74, 6) is 0. The van der Waals surface area contributed by atoms with Gasteiger partial charge in [-0.15, -0.1) is 0 Å². The zero-order chi connectivity index (χ0) is 13.2. The third-order valence-electron chi connectivity index (χ3n) is 2.75. The van der Waals surface area contributed by atoms with Gasteiger partial charge in [-0.25, -0.2) is 4.79 Å². The summed E-state index contributed by atoms with van der Waals surface area (Å²) in [6, 6.07) is 0.127. The molecule has 1 heterocycles. The Balaban J connectivity index is 2.45. The van der Waals surface area contributed by atoms with E-state index in [4.69, 9.17) is 4.74 Å². The van der Waals surface area contributed by atoms with E-state index in [1.54, 1.807) is 0 Å². The van der Waals surface area contributed by atoms with Crippen LogP contribution in [-0.4, -0.2) is 53.0 Å². The minimum Gasteiger partial charge on any atom is -0.444 e. The number of aliphatic hydroxyl groups excluding tert-OH is 1. The topological polar surface area (TPSA) is 61.8 Å². The quantitative estimate of drug-likeness (QED) is 0.759. The SMILES string of the molecule is CC(C)N1CC(O)C(NC(=O)OC(C)(C)C)C1. The first-order chi connectivity index (χ1) is 7.69. The van der Waals surface area contributed by atoms with Gasteiger partial charge >= 0.3 is 6.09 Å². The largest absolute Gasteiger partial charge is 0.444 e. The van der Waals surface area contributed by atoms with Crippen LogP contribution >= 0.6 is 0 Å². The van der Waals surface area contributed by atoms with Gasteiger partial charge in [0.25, 0.3) is 0 Å². The van der Waals surface area contributed by atoms with E-state index in [2.05, 4.69) is 24.1 Å². The maximum atomic E-state index is 11.6. The van der Waals surface area contributed by atoms with Crippen LogP contribution < -0.4 is 5.32 Å². The molecule has 2 N–H and O–H groups in total. The smallest absolute Gasteiger partial charge is 0.408 e. The van der Waals surface area contributed by atoms with Crippen LogP contribution in [0.1, 0.15) is 34.6 Å². The molecule has 1 aliphatic rings. The number of aliphatic hydroxyl groups is 1. The Hall–Kier alpha value is -0.810. The molecule has 1 fully saturated rings. The number of nitrogens with zero attached hydrogens (tertiary/aromatic N) is 1. The molecule has 5 nitrogen and oxygen atoms in total. The Kier molecular flexibility index (Phi) is 4.38. The molecule has 1 amide bonds. The predicted octanol–water partition coefficient (Wildman–Crippen LogP) is 0.965. The Labute approximate surface area is 103 Å². The van der Waals surface area contributed by atoms with Gasteiger partial charge in [-0.2, -0.15) is 0 Å². The number of amides is 1. The molecule has 0 aliphatic carbocycles. The molecule has 0 radical (unpaired) electrons. The van der Waals surface area contributed by atoms with Gasteiger partial charge in [0.2, 0.25) is 0 Å². The molecule has 0 saturated carbocycles. The Morgan fingerprint density at radius 2 is 2.00 bits per heavy atom. The minimum absolute atomic E-state index is 0.243. The highest BCUT2D eigenvalue weighted by atomic mass is 16.6. The number of likely N-dealkylation sites (tertiary alicyclic amines) is 1. The van der Waals surface area contributed by atoms with Crippen molar-refractivity contribution in [3.8, 4) is 0 Å². The van der Waals surface area contributed by atoms with Crippen LogP contribution in [0.4, 0.5) is 4.79 Å². The molecule has 1 rings (SSSR count). The van der Waals surface area contributed by atoms with Gasteiger partial charge in [0, 0.05) is 19.1 Å². The summed E-state index contributed by atoms with van der Waals surface area (Å²) in [7, 11) is 0. The van der Waals surface area contributed by atoms with Gasteiger partial charge in [0.15, 0.2) is 0 Å². The summed E-state index contributed by atoms with van der Waals surface area (Å²) in [6.07, 6.45) is -0.989. The third-order valence-corrected chi connectivity index (χ3v) is 2.75. The molecule has 17 heavy (non-hydrogen) atoms. The van der Waals surface area contributed by atoms with Crippen molar-refractivity contribution in [2.24, 2.45) is 0 Å². The van der Waals surface area contributed by atoms with E-state index in [0.29, 0.717) is 19.1 Å². The van der Waals surface area contributed by atoms with E-state index in [1.807, 2.05) is 20.8 Å². The number of hydrogen-bond donors (Lipinski definition) is 2. The molecule has 100 valence electrons. The van der Waals surface area contributed by atoms with Crippen LogP contribution in [0.5, 0.6) is 0 Å². The van der Waals surface area contributed by atoms with Crippen LogP contribution in [0, 0.1) is 0 Å². The number of β-amino-alcohol motifs (C(OH)–C–C–N with tert-alkyl or cyclic N) is 1. The molecule has 1 saturated heterocycles. The number of carbonyl (C=O) groups excluding carboxylic acids is 1. The first-order valence-electron chi connectivity index (χ1n) is 6.10. The molecule has 0 bridgehead atoms. The van der Waals surface area contributed by atoms with E-state index < -0.39 is 17.8 Å². The molecule has 0 aromatic heterocycles. The van der Waals surface area contributed by atoms with Crippen molar-refractivity contribution in [3.63, 3.8) is 0 Å². The van der Waals surface area contributed by atoms with Crippen molar-refractivity contribution in [1.29, 1.82) is 0 Å². The number of nitrogens with one attached hydrogen (secondary N) is 1. The van der Waals surface area contributed by atoms with E-state index in [-0.39, 0.29) is 6.04 Å². The molecule has 2 unspecified atom stereocenters. The average molecular weight is 244 g/mol. The fraction of sp³-hybridized carbons (Fsp3) is 0.917. The zero-order valence-corrected chi connectivity index (χ0v) is 11.4. The highest BCUT2D eigenvalue weighted by molar-refractivity contribution is 5.68. The van der Waals surface area contributed by atoms with Crippen LogP contribution in [0.2, 0.25) is 0 Å². The maximum Gasteiger partial charge on any atom is 0.408 e. The van der Waals surface area contributed by atoms with E-state index >= 15 is 0 Å². The molecular formula is C12H24N2O3. The van der Waals surface area contributed by atoms with Gasteiger partial charge in [0.05, 0.1) is 12.1 Å². The molecule has 0 aromatic carbocycles. The molecule has 0 spiro atoms. The maximum absolute atomic E-state index is 11.6. The summed E-state index contributed by atoms with van der Waals surface area (Å²) in [5.41, 5.74) is -0.509. The van der Waals surface area contributed by atoms with Crippen molar-refractivity contribution in [1.82, 2.24) is 10.2 Å². The summed E-state index contributed by atoms with van der Waals surface area (Å²) in [4.78, 5) is 13.7.